The fourth-order valence-electron chi connectivity index (χ4n) is 1.25. The molecule has 1 rings (SSSR count). The van der Waals surface area contributed by atoms with E-state index in [1.165, 1.54) is 13.8 Å². The Labute approximate surface area is 104 Å². The summed E-state index contributed by atoms with van der Waals surface area (Å²) in [5.74, 6) is -0.383. The molecule has 3 N–H and O–H groups in total. The minimum atomic E-state index is -4.41. The molecule has 7 heteroatoms. The molecule has 0 fully saturated rings. The number of anilines is 1. The van der Waals surface area contributed by atoms with Crippen molar-refractivity contribution in [3.05, 3.63) is 23.8 Å². The Morgan fingerprint density at radius 1 is 1.33 bits per heavy atom. The van der Waals surface area contributed by atoms with Crippen LogP contribution >= 0.6 is 0 Å². The van der Waals surface area contributed by atoms with Gasteiger partial charge in [0, 0.05) is 5.69 Å². The van der Waals surface area contributed by atoms with Crippen molar-refractivity contribution in [2.24, 2.45) is 0 Å². The molecule has 0 aliphatic carbocycles. The lowest BCUT2D eigenvalue weighted by atomic mass is 10.1. The molecule has 1 aromatic rings. The van der Waals surface area contributed by atoms with Crippen molar-refractivity contribution in [3.8, 4) is 12.3 Å². The molecule has 98 valence electrons. The molecule has 0 heterocycles. The van der Waals surface area contributed by atoms with Crippen LogP contribution < -0.4 is 10.5 Å². The Bertz CT molecular complexity index is 595. The summed E-state index contributed by atoms with van der Waals surface area (Å²) in [6.45, 7) is 2.77. The van der Waals surface area contributed by atoms with Crippen LogP contribution in [0.25, 0.3) is 0 Å². The van der Waals surface area contributed by atoms with Crippen LogP contribution in [-0.4, -0.2) is 14.0 Å². The van der Waals surface area contributed by atoms with Crippen molar-refractivity contribution in [2.45, 2.75) is 24.3 Å². The minimum absolute atomic E-state index is 0.208. The standard InChI is InChI=1S/C11H12F2N2O2S/c1-4-11(2,3)15-18(16,17)10-8(12)5-7(14)6-9(10)13/h1,5-6,15H,14H2,2-3H3. The highest BCUT2D eigenvalue weighted by atomic mass is 32.2. The van der Waals surface area contributed by atoms with Gasteiger partial charge in [0.05, 0.1) is 5.54 Å². The monoisotopic (exact) mass is 274 g/mol. The molecule has 0 spiro atoms. The maximum absolute atomic E-state index is 13.5. The highest BCUT2D eigenvalue weighted by Gasteiger charge is 2.29. The number of sulfonamides is 1. The van der Waals surface area contributed by atoms with Crippen LogP contribution in [0.1, 0.15) is 13.8 Å². The number of benzene rings is 1. The fraction of sp³-hybridized carbons (Fsp3) is 0.273. The van der Waals surface area contributed by atoms with Crippen LogP contribution in [0, 0.1) is 24.0 Å². The van der Waals surface area contributed by atoms with Crippen LogP contribution in [0.5, 0.6) is 0 Å². The number of nitrogen functional groups attached to an aromatic ring is 1. The summed E-state index contributed by atoms with van der Waals surface area (Å²) in [5.41, 5.74) is 3.72. The van der Waals surface area contributed by atoms with Crippen molar-refractivity contribution in [2.75, 3.05) is 5.73 Å². The van der Waals surface area contributed by atoms with Crippen LogP contribution in [0.3, 0.4) is 0 Å². The molecule has 0 aromatic heterocycles. The van der Waals surface area contributed by atoms with E-state index in [0.717, 1.165) is 12.1 Å². The van der Waals surface area contributed by atoms with Crippen molar-refractivity contribution in [1.82, 2.24) is 4.72 Å². The lowest BCUT2D eigenvalue weighted by Crippen LogP contribution is -2.42. The molecule has 0 amide bonds. The van der Waals surface area contributed by atoms with Gasteiger partial charge in [0.25, 0.3) is 0 Å². The van der Waals surface area contributed by atoms with E-state index in [9.17, 15) is 17.2 Å². The van der Waals surface area contributed by atoms with E-state index in [0.29, 0.717) is 0 Å². The minimum Gasteiger partial charge on any atom is -0.399 e. The first kappa shape index (κ1) is 14.4. The summed E-state index contributed by atoms with van der Waals surface area (Å²) in [5, 5.41) is 0. The summed E-state index contributed by atoms with van der Waals surface area (Å²) in [4.78, 5) is -1.10. The topological polar surface area (TPSA) is 72.2 Å². The summed E-state index contributed by atoms with van der Waals surface area (Å²) < 4.78 is 52.7. The largest absolute Gasteiger partial charge is 0.399 e. The molecule has 0 atom stereocenters. The van der Waals surface area contributed by atoms with E-state index in [-0.39, 0.29) is 5.69 Å². The SMILES string of the molecule is C#CC(C)(C)NS(=O)(=O)c1c(F)cc(N)cc1F. The second-order valence-corrected chi connectivity index (χ2v) is 5.81. The Balaban J connectivity index is 3.36. The van der Waals surface area contributed by atoms with Crippen molar-refractivity contribution in [3.63, 3.8) is 0 Å². The van der Waals surface area contributed by atoms with Gasteiger partial charge in [-0.2, -0.15) is 4.72 Å². The molecular formula is C11H12F2N2O2S. The predicted octanol–water partition coefficient (Wildman–Crippen LogP) is 1.24. The van der Waals surface area contributed by atoms with Crippen LogP contribution in [0.15, 0.2) is 17.0 Å². The van der Waals surface area contributed by atoms with E-state index < -0.39 is 32.1 Å². The number of nitrogens with one attached hydrogen (secondary N) is 1. The molecule has 4 nitrogen and oxygen atoms in total. The third-order valence-corrected chi connectivity index (χ3v) is 3.75. The molecule has 0 radical (unpaired) electrons. The van der Waals surface area contributed by atoms with Gasteiger partial charge in [0.1, 0.15) is 11.6 Å². The van der Waals surface area contributed by atoms with E-state index in [2.05, 4.69) is 5.92 Å². The second-order valence-electron chi connectivity index (χ2n) is 4.19. The van der Waals surface area contributed by atoms with Gasteiger partial charge in [-0.3, -0.25) is 0 Å². The van der Waals surface area contributed by atoms with Gasteiger partial charge in [-0.1, -0.05) is 5.92 Å². The molecule has 0 aliphatic heterocycles. The quantitative estimate of drug-likeness (QED) is 0.643. The van der Waals surface area contributed by atoms with Gasteiger partial charge < -0.3 is 5.73 Å². The number of rotatable bonds is 3. The molecule has 0 unspecified atom stereocenters. The lowest BCUT2D eigenvalue weighted by molar-refractivity contribution is 0.500. The maximum Gasteiger partial charge on any atom is 0.247 e. The first-order valence-electron chi connectivity index (χ1n) is 4.85. The smallest absolute Gasteiger partial charge is 0.247 e. The summed E-state index contributed by atoms with van der Waals surface area (Å²) in [6, 6.07) is 1.45. The van der Waals surface area contributed by atoms with Gasteiger partial charge in [0.2, 0.25) is 10.0 Å². The van der Waals surface area contributed by atoms with Crippen LogP contribution in [0.2, 0.25) is 0 Å². The Morgan fingerprint density at radius 2 is 1.78 bits per heavy atom. The highest BCUT2D eigenvalue weighted by molar-refractivity contribution is 7.89. The Kier molecular flexibility index (Phi) is 3.64. The third kappa shape index (κ3) is 2.97. The number of hydrogen-bond donors (Lipinski definition) is 2. The maximum atomic E-state index is 13.5. The molecule has 18 heavy (non-hydrogen) atoms. The van der Waals surface area contributed by atoms with Crippen molar-refractivity contribution >= 4 is 15.7 Å². The highest BCUT2D eigenvalue weighted by Crippen LogP contribution is 2.22. The number of nitrogens with two attached hydrogens (primary N) is 1. The Morgan fingerprint density at radius 3 is 2.17 bits per heavy atom. The predicted molar refractivity (Wildman–Crippen MR) is 64.0 cm³/mol. The molecule has 0 saturated heterocycles. The van der Waals surface area contributed by atoms with Gasteiger partial charge in [-0.15, -0.1) is 6.42 Å². The van der Waals surface area contributed by atoms with Crippen molar-refractivity contribution < 1.29 is 17.2 Å². The third-order valence-electron chi connectivity index (χ3n) is 2.04. The van der Waals surface area contributed by atoms with Crippen LogP contribution in [-0.2, 0) is 10.0 Å². The number of hydrogen-bond acceptors (Lipinski definition) is 3. The van der Waals surface area contributed by atoms with Gasteiger partial charge in [-0.25, -0.2) is 17.2 Å². The van der Waals surface area contributed by atoms with E-state index in [4.69, 9.17) is 12.2 Å². The normalized spacial score (nSPS) is 12.2. The van der Waals surface area contributed by atoms with Crippen molar-refractivity contribution in [1.29, 1.82) is 0 Å². The zero-order valence-electron chi connectivity index (χ0n) is 9.79. The van der Waals surface area contributed by atoms with E-state index in [1.807, 2.05) is 4.72 Å². The molecular weight excluding hydrogens is 262 g/mol. The first-order valence-corrected chi connectivity index (χ1v) is 6.33. The molecule has 0 bridgehead atoms. The van der Waals surface area contributed by atoms with Crippen LogP contribution in [0.4, 0.5) is 14.5 Å². The average molecular weight is 274 g/mol. The number of halogens is 2. The molecule has 1 aromatic carbocycles. The van der Waals surface area contributed by atoms with E-state index in [1.54, 1.807) is 0 Å². The zero-order valence-corrected chi connectivity index (χ0v) is 10.6. The summed E-state index contributed by atoms with van der Waals surface area (Å²) >= 11 is 0. The molecule has 0 saturated carbocycles. The lowest BCUT2D eigenvalue weighted by Gasteiger charge is -2.20. The van der Waals surface area contributed by atoms with Gasteiger partial charge in [-0.05, 0) is 26.0 Å². The van der Waals surface area contributed by atoms with Gasteiger partial charge >= 0.3 is 0 Å². The Hall–Kier alpha value is -1.65. The summed E-state index contributed by atoms with van der Waals surface area (Å²) in [6.07, 6.45) is 5.11. The zero-order chi connectivity index (χ0) is 14.1. The van der Waals surface area contributed by atoms with Gasteiger partial charge in [0.15, 0.2) is 4.90 Å². The first-order chi connectivity index (χ1) is 8.09. The number of terminal acetylenes is 1. The average Bonchev–Trinajstić information content (AvgIpc) is 2.13. The van der Waals surface area contributed by atoms with E-state index >= 15 is 0 Å². The fourth-order valence-corrected chi connectivity index (χ4v) is 2.72. The molecule has 0 aliphatic rings. The summed E-state index contributed by atoms with van der Waals surface area (Å²) in [7, 11) is -4.41. The second kappa shape index (κ2) is 4.55.